The minimum atomic E-state index is -2.19. The van der Waals surface area contributed by atoms with Gasteiger partial charge in [-0.2, -0.15) is 0 Å². The molecule has 11 aliphatic rings. The number of ether oxygens (including phenoxy) is 13. The summed E-state index contributed by atoms with van der Waals surface area (Å²) in [7, 11) is 1.34. The Balaban J connectivity index is 0.848. The second-order valence-corrected chi connectivity index (χ2v) is 31.3. The average molecular weight is 1380 g/mol. The van der Waals surface area contributed by atoms with E-state index in [2.05, 4.69) is 40.7 Å². The standard InChI is InChI=1S/C66H104O30/c1-26-19-31(69)49(92-56-39(73)27(2)47(28(3)88-56)91-55-46(80)48(84-10)33(71)24-86-55)58(87-26)96-60(83)66-18-17-61(4,5)20-30(66)29-11-12-36-62(6)15-14-38(63(7,25-68)35(62)13-16-64(36,8)65(29,9)21-37(66)72)90-59-52(95-57-44(78)42(76)41(75)34(22-67)89-57)50(45(79)51(94-59)53(81)82)93-54-43(77)40(74)32(70)23-85-54/h11,25-28,30-52,54-59,67,69-80H,12-24H2,1-10H3,(H,81,82)/t26?,27?,28?,30?,31?,32?,33?,34?,35?,36?,37-,38+,39?,40?,41?,42?,43?,44?,45?,46?,47?,48?,49?,50?,51?,52?,54?,55?,56?,57?,58?,59?,62+,63+,64-,65-,66-/m1/s1. The molecule has 0 radical (unpaired) electrons. The number of fused-ring (bicyclic) bond motifs is 7. The van der Waals surface area contributed by atoms with E-state index in [1.165, 1.54) is 7.11 Å². The Morgan fingerprint density at radius 2 is 1.23 bits per heavy atom. The van der Waals surface area contributed by atoms with E-state index in [0.717, 1.165) is 11.9 Å². The maximum absolute atomic E-state index is 15.7. The fourth-order valence-corrected chi connectivity index (χ4v) is 19.3. The number of carboxylic acid groups (broad SMARTS) is 1. The number of rotatable bonds is 16. The zero-order chi connectivity index (χ0) is 70.0. The van der Waals surface area contributed by atoms with Gasteiger partial charge in [0, 0.05) is 19.4 Å². The highest BCUT2D eigenvalue weighted by molar-refractivity contribution is 5.80. The number of aliphatic hydroxyl groups is 13. The summed E-state index contributed by atoms with van der Waals surface area (Å²) in [5.74, 6) is -4.29. The van der Waals surface area contributed by atoms with Crippen molar-refractivity contribution >= 4 is 18.2 Å². The van der Waals surface area contributed by atoms with Gasteiger partial charge in [0.1, 0.15) is 103 Å². The molecular weight excluding hydrogens is 1270 g/mol. The molecule has 30 heteroatoms. The van der Waals surface area contributed by atoms with Gasteiger partial charge in [0.2, 0.25) is 6.29 Å². The largest absolute Gasteiger partial charge is 0.479 e. The van der Waals surface area contributed by atoms with Crippen molar-refractivity contribution in [3.63, 3.8) is 0 Å². The molecule has 11 rings (SSSR count). The molecule has 30 unspecified atom stereocenters. The number of carbonyl (C=O) groups is 3. The number of methoxy groups -OCH3 is 1. The van der Waals surface area contributed by atoms with E-state index in [9.17, 15) is 81.1 Å². The minimum Gasteiger partial charge on any atom is -0.479 e. The third-order valence-corrected chi connectivity index (χ3v) is 25.2. The molecule has 6 aliphatic heterocycles. The van der Waals surface area contributed by atoms with Crippen molar-refractivity contribution in [1.29, 1.82) is 0 Å². The van der Waals surface area contributed by atoms with E-state index in [1.807, 2.05) is 0 Å². The second-order valence-electron chi connectivity index (χ2n) is 31.3. The topological polar surface area (TPSA) is 454 Å². The van der Waals surface area contributed by atoms with Crippen LogP contribution in [0.1, 0.15) is 127 Å². The van der Waals surface area contributed by atoms with Gasteiger partial charge in [-0.15, -0.1) is 0 Å². The van der Waals surface area contributed by atoms with Crippen LogP contribution in [0.15, 0.2) is 11.6 Å². The van der Waals surface area contributed by atoms with Crippen LogP contribution < -0.4 is 0 Å². The summed E-state index contributed by atoms with van der Waals surface area (Å²) in [6, 6.07) is 0. The fourth-order valence-electron chi connectivity index (χ4n) is 19.3. The van der Waals surface area contributed by atoms with Gasteiger partial charge in [-0.25, -0.2) is 4.79 Å². The summed E-state index contributed by atoms with van der Waals surface area (Å²) in [4.78, 5) is 42.9. The van der Waals surface area contributed by atoms with Crippen LogP contribution in [-0.4, -0.2) is 289 Å². The molecule has 5 aliphatic carbocycles. The first kappa shape index (κ1) is 74.5. The third-order valence-electron chi connectivity index (χ3n) is 25.2. The summed E-state index contributed by atoms with van der Waals surface area (Å²) in [6.07, 6.45) is -36.4. The minimum absolute atomic E-state index is 0.0767. The Hall–Kier alpha value is -2.65. The molecular formula is C66H104O30. The fraction of sp³-hybridized carbons (Fsp3) is 0.924. The van der Waals surface area contributed by atoms with Crippen LogP contribution in [0.25, 0.3) is 0 Å². The maximum atomic E-state index is 15.7. The van der Waals surface area contributed by atoms with Gasteiger partial charge in [0.25, 0.3) is 0 Å². The number of esters is 1. The Kier molecular flexibility index (Phi) is 21.6. The molecule has 0 aromatic heterocycles. The lowest BCUT2D eigenvalue weighted by Crippen LogP contribution is -2.69. The summed E-state index contributed by atoms with van der Waals surface area (Å²) in [5.41, 5.74) is -4.14. The van der Waals surface area contributed by atoms with E-state index in [-0.39, 0.29) is 43.6 Å². The van der Waals surface area contributed by atoms with Crippen molar-refractivity contribution in [2.24, 2.45) is 56.2 Å². The first-order chi connectivity index (χ1) is 45.1. The molecule has 30 nitrogen and oxygen atoms in total. The highest BCUT2D eigenvalue weighted by atomic mass is 16.8. The quantitative estimate of drug-likeness (QED) is 0.0349. The number of hydrogen-bond donors (Lipinski definition) is 14. The highest BCUT2D eigenvalue weighted by Crippen LogP contribution is 2.76. The molecule has 96 heavy (non-hydrogen) atoms. The highest BCUT2D eigenvalue weighted by Gasteiger charge is 2.73. The van der Waals surface area contributed by atoms with Crippen LogP contribution in [0.2, 0.25) is 0 Å². The molecule has 4 saturated carbocycles. The maximum Gasteiger partial charge on any atom is 0.335 e. The van der Waals surface area contributed by atoms with Crippen LogP contribution in [0, 0.1) is 56.2 Å². The molecule has 6 saturated heterocycles. The van der Waals surface area contributed by atoms with E-state index < -0.39 is 242 Å². The van der Waals surface area contributed by atoms with E-state index in [0.29, 0.717) is 38.5 Å². The van der Waals surface area contributed by atoms with Gasteiger partial charge in [0.15, 0.2) is 37.6 Å². The van der Waals surface area contributed by atoms with Gasteiger partial charge in [-0.3, -0.25) is 4.79 Å². The summed E-state index contributed by atoms with van der Waals surface area (Å²) in [6.45, 7) is 16.0. The Bertz CT molecular complexity index is 2780. The molecule has 10 fully saturated rings. The lowest BCUT2D eigenvalue weighted by atomic mass is 9.33. The first-order valence-corrected chi connectivity index (χ1v) is 34.1. The zero-order valence-corrected chi connectivity index (χ0v) is 56.1. The first-order valence-electron chi connectivity index (χ1n) is 34.1. The number of carboxylic acids is 1. The zero-order valence-electron chi connectivity index (χ0n) is 56.1. The van der Waals surface area contributed by atoms with E-state index >= 15 is 4.79 Å². The van der Waals surface area contributed by atoms with Gasteiger partial charge in [-0.05, 0) is 111 Å². The summed E-state index contributed by atoms with van der Waals surface area (Å²) in [5, 5.41) is 155. The van der Waals surface area contributed by atoms with Gasteiger partial charge in [0.05, 0.1) is 61.9 Å². The van der Waals surface area contributed by atoms with Crippen LogP contribution in [-0.2, 0) is 76.0 Å². The molecule has 37 atom stereocenters. The van der Waals surface area contributed by atoms with Crippen molar-refractivity contribution in [3.05, 3.63) is 11.6 Å². The molecule has 0 bridgehead atoms. The number of aliphatic carboxylic acids is 1. The SMILES string of the molecule is COC1C(O)COC(OC2C(C)OC(OC3C(O)CC(C)OC3OC(=O)[C@]34CCC(C)(C)CC3C3=CCC5[C@@]6(C)CC[C@H](OC7OC(C(=O)O)C(O)C(OC8OCC(O)C(O)C8O)C7OC7OC(CO)C(O)C(O)C7O)[C@@](C)(C=O)C6CC[C@@]5(C)[C@]3(C)C[C@H]4O)C(O)C2C)C1O. The molecule has 548 valence electrons. The predicted octanol–water partition coefficient (Wildman–Crippen LogP) is -1.85. The van der Waals surface area contributed by atoms with Crippen LogP contribution in [0.4, 0.5) is 0 Å². The number of hydrogen-bond acceptors (Lipinski definition) is 29. The van der Waals surface area contributed by atoms with Gasteiger partial charge >= 0.3 is 11.9 Å². The molecule has 6 heterocycles. The van der Waals surface area contributed by atoms with Crippen molar-refractivity contribution in [2.75, 3.05) is 26.9 Å². The monoisotopic (exact) mass is 1380 g/mol. The van der Waals surface area contributed by atoms with Crippen LogP contribution in [0.3, 0.4) is 0 Å². The Morgan fingerprint density at radius 1 is 0.594 bits per heavy atom. The molecule has 0 spiro atoms. The Labute approximate surface area is 557 Å². The smallest absolute Gasteiger partial charge is 0.335 e. The predicted molar refractivity (Wildman–Crippen MR) is 322 cm³/mol. The normalized spacial score (nSPS) is 54.3. The van der Waals surface area contributed by atoms with Gasteiger partial charge in [-0.1, -0.05) is 60.1 Å². The third kappa shape index (κ3) is 12.6. The number of carbonyl (C=O) groups excluding carboxylic acids is 2. The van der Waals surface area contributed by atoms with Gasteiger partial charge < -0.3 is 138 Å². The van der Waals surface area contributed by atoms with Crippen molar-refractivity contribution in [2.45, 2.75) is 299 Å². The van der Waals surface area contributed by atoms with Crippen LogP contribution >= 0.6 is 0 Å². The number of aliphatic hydroxyl groups excluding tert-OH is 13. The molecule has 14 N–H and O–H groups in total. The number of allylic oxidation sites excluding steroid dienone is 2. The van der Waals surface area contributed by atoms with Crippen molar-refractivity contribution in [3.8, 4) is 0 Å². The second kappa shape index (κ2) is 27.8. The summed E-state index contributed by atoms with van der Waals surface area (Å²) >= 11 is 0. The Morgan fingerprint density at radius 3 is 1.90 bits per heavy atom. The van der Waals surface area contributed by atoms with E-state index in [4.69, 9.17) is 61.6 Å². The summed E-state index contributed by atoms with van der Waals surface area (Å²) < 4.78 is 78.8. The molecule has 0 aromatic carbocycles. The number of aldehydes is 1. The van der Waals surface area contributed by atoms with Crippen molar-refractivity contribution < 1.29 is 147 Å². The van der Waals surface area contributed by atoms with Crippen LogP contribution in [0.5, 0.6) is 0 Å². The average Bonchev–Trinajstić information content (AvgIpc) is 0.670. The lowest BCUT2D eigenvalue weighted by Gasteiger charge is -2.71. The van der Waals surface area contributed by atoms with Crippen molar-refractivity contribution in [1.82, 2.24) is 0 Å². The van der Waals surface area contributed by atoms with E-state index in [1.54, 1.807) is 27.7 Å². The lowest BCUT2D eigenvalue weighted by molar-refractivity contribution is -0.391. The molecule has 0 amide bonds. The molecule has 0 aromatic rings.